The van der Waals surface area contributed by atoms with Gasteiger partial charge < -0.3 is 20.4 Å². The van der Waals surface area contributed by atoms with Crippen molar-refractivity contribution in [2.45, 2.75) is 111 Å². The molecule has 0 spiro atoms. The van der Waals surface area contributed by atoms with Crippen molar-refractivity contribution in [2.75, 3.05) is 13.1 Å². The SMILES string of the molecule is CCCC[C@H](C)C[C@H](O)C=C[C@@H]1C2CC(CCNCC(=O)N(C(C)C)C(C)C)=C[C@H]2C[C@H]1O. The Balaban J connectivity index is 1.77. The molecule has 33 heavy (non-hydrogen) atoms. The van der Waals surface area contributed by atoms with E-state index in [0.29, 0.717) is 24.3 Å². The molecule has 0 aliphatic heterocycles. The van der Waals surface area contributed by atoms with Gasteiger partial charge in [0.05, 0.1) is 18.8 Å². The van der Waals surface area contributed by atoms with E-state index in [-0.39, 0.29) is 30.0 Å². The van der Waals surface area contributed by atoms with Crippen molar-refractivity contribution in [2.24, 2.45) is 23.7 Å². The Kier molecular flexibility index (Phi) is 11.6. The van der Waals surface area contributed by atoms with Crippen molar-refractivity contribution in [3.05, 3.63) is 23.8 Å². The third-order valence-corrected chi connectivity index (χ3v) is 7.50. The summed E-state index contributed by atoms with van der Waals surface area (Å²) in [6.45, 7) is 13.8. The highest BCUT2D eigenvalue weighted by atomic mass is 16.3. The number of nitrogens with zero attached hydrogens (tertiary/aromatic N) is 1. The molecule has 0 aromatic heterocycles. The maximum absolute atomic E-state index is 12.5. The number of hydrogen-bond donors (Lipinski definition) is 3. The predicted octanol–water partition coefficient (Wildman–Crippen LogP) is 4.69. The number of allylic oxidation sites excluding steroid dienone is 1. The van der Waals surface area contributed by atoms with Crippen LogP contribution in [0.5, 0.6) is 0 Å². The molecule has 0 aromatic rings. The van der Waals surface area contributed by atoms with Gasteiger partial charge in [0, 0.05) is 18.0 Å². The van der Waals surface area contributed by atoms with Gasteiger partial charge in [-0.15, -0.1) is 0 Å². The summed E-state index contributed by atoms with van der Waals surface area (Å²) in [6.07, 6.45) is 12.8. The average molecular weight is 463 g/mol. The number of fused-ring (bicyclic) bond motifs is 1. The predicted molar refractivity (Wildman–Crippen MR) is 137 cm³/mol. The van der Waals surface area contributed by atoms with E-state index in [2.05, 4.69) is 59.0 Å². The molecule has 2 aliphatic rings. The van der Waals surface area contributed by atoms with Gasteiger partial charge in [-0.2, -0.15) is 0 Å². The quantitative estimate of drug-likeness (QED) is 0.259. The zero-order valence-electron chi connectivity index (χ0n) is 22.0. The van der Waals surface area contributed by atoms with E-state index in [4.69, 9.17) is 0 Å². The smallest absolute Gasteiger partial charge is 0.236 e. The van der Waals surface area contributed by atoms with Crippen molar-refractivity contribution < 1.29 is 15.0 Å². The van der Waals surface area contributed by atoms with E-state index >= 15 is 0 Å². The van der Waals surface area contributed by atoms with E-state index in [1.54, 1.807) is 0 Å². The van der Waals surface area contributed by atoms with Gasteiger partial charge >= 0.3 is 0 Å². The van der Waals surface area contributed by atoms with Gasteiger partial charge in [0.15, 0.2) is 0 Å². The van der Waals surface area contributed by atoms with Crippen LogP contribution in [0.15, 0.2) is 23.8 Å². The number of carbonyl (C=O) groups is 1. The first-order valence-corrected chi connectivity index (χ1v) is 13.4. The Bertz CT molecular complexity index is 650. The van der Waals surface area contributed by atoms with E-state index in [0.717, 1.165) is 38.6 Å². The monoisotopic (exact) mass is 462 g/mol. The standard InChI is InChI=1S/C28H50N2O3/c1-7-8-9-21(6)14-24(31)10-11-25-26-16-22(15-23(26)17-27(25)32)12-13-29-18-28(33)30(19(2)3)20(4)5/h10-11,15,19-21,23-27,29,31-32H,7-9,12-14,16-18H2,1-6H3/t21-,23-,24+,25+,26?,27+/m0/s1. The van der Waals surface area contributed by atoms with Gasteiger partial charge in [-0.05, 0) is 77.7 Å². The summed E-state index contributed by atoms with van der Waals surface area (Å²) in [4.78, 5) is 14.4. The van der Waals surface area contributed by atoms with Crippen LogP contribution in [0.2, 0.25) is 0 Å². The second-order valence-corrected chi connectivity index (χ2v) is 11.1. The molecule has 1 amide bonds. The Morgan fingerprint density at radius 2 is 1.94 bits per heavy atom. The molecule has 6 atom stereocenters. The Labute approximate surface area is 202 Å². The van der Waals surface area contributed by atoms with Crippen LogP contribution in [0, 0.1) is 23.7 Å². The fourth-order valence-electron chi connectivity index (χ4n) is 5.92. The highest BCUT2D eigenvalue weighted by Gasteiger charge is 2.43. The number of nitrogens with one attached hydrogen (secondary N) is 1. The minimum atomic E-state index is -0.421. The molecule has 0 radical (unpaired) electrons. The molecule has 0 saturated heterocycles. The zero-order chi connectivity index (χ0) is 24.5. The number of unbranched alkanes of at least 4 members (excludes halogenated alkanes) is 1. The lowest BCUT2D eigenvalue weighted by Crippen LogP contribution is -2.46. The summed E-state index contributed by atoms with van der Waals surface area (Å²) in [5.41, 5.74) is 1.44. The van der Waals surface area contributed by atoms with E-state index in [9.17, 15) is 15.0 Å². The molecule has 5 heteroatoms. The fourth-order valence-corrected chi connectivity index (χ4v) is 5.92. The second kappa shape index (κ2) is 13.7. The fraction of sp³-hybridized carbons (Fsp3) is 0.821. The lowest BCUT2D eigenvalue weighted by molar-refractivity contribution is -0.133. The van der Waals surface area contributed by atoms with Crippen LogP contribution in [0.1, 0.15) is 86.5 Å². The molecule has 5 nitrogen and oxygen atoms in total. The van der Waals surface area contributed by atoms with Crippen molar-refractivity contribution in [1.29, 1.82) is 0 Å². The molecule has 0 bridgehead atoms. The molecule has 0 aromatic carbocycles. The lowest BCUT2D eigenvalue weighted by Gasteiger charge is -2.31. The molecule has 1 unspecified atom stereocenters. The molecular weight excluding hydrogens is 412 g/mol. The van der Waals surface area contributed by atoms with E-state index in [1.165, 1.54) is 18.4 Å². The summed E-state index contributed by atoms with van der Waals surface area (Å²) in [5.74, 6) is 1.69. The van der Waals surface area contributed by atoms with Crippen LogP contribution in [0.3, 0.4) is 0 Å². The first kappa shape index (κ1) is 28.1. The number of carbonyl (C=O) groups excluding carboxylic acids is 1. The minimum absolute atomic E-state index is 0.129. The molecule has 3 N–H and O–H groups in total. The number of hydrogen-bond acceptors (Lipinski definition) is 4. The molecule has 2 rings (SSSR count). The summed E-state index contributed by atoms with van der Waals surface area (Å²) in [7, 11) is 0. The third kappa shape index (κ3) is 8.52. The molecule has 1 saturated carbocycles. The highest BCUT2D eigenvalue weighted by molar-refractivity contribution is 5.78. The van der Waals surface area contributed by atoms with Gasteiger partial charge in [0.25, 0.3) is 0 Å². The van der Waals surface area contributed by atoms with Crippen LogP contribution in [-0.2, 0) is 4.79 Å². The molecular formula is C28H50N2O3. The molecule has 190 valence electrons. The van der Waals surface area contributed by atoms with Crippen LogP contribution >= 0.6 is 0 Å². The van der Waals surface area contributed by atoms with Crippen LogP contribution in [-0.4, -0.2) is 58.4 Å². The average Bonchev–Trinajstić information content (AvgIpc) is 3.23. The Morgan fingerprint density at radius 3 is 2.58 bits per heavy atom. The van der Waals surface area contributed by atoms with Crippen molar-refractivity contribution in [3.63, 3.8) is 0 Å². The lowest BCUT2D eigenvalue weighted by atomic mass is 9.88. The first-order valence-electron chi connectivity index (χ1n) is 13.4. The maximum Gasteiger partial charge on any atom is 0.236 e. The maximum atomic E-state index is 12.5. The van der Waals surface area contributed by atoms with Crippen LogP contribution in [0.4, 0.5) is 0 Å². The minimum Gasteiger partial charge on any atom is -0.392 e. The summed E-state index contributed by atoms with van der Waals surface area (Å²) in [5, 5.41) is 24.4. The second-order valence-electron chi connectivity index (χ2n) is 11.1. The molecule has 2 aliphatic carbocycles. The summed E-state index contributed by atoms with van der Waals surface area (Å²) < 4.78 is 0. The molecule has 1 fully saturated rings. The Morgan fingerprint density at radius 1 is 1.24 bits per heavy atom. The first-order chi connectivity index (χ1) is 15.6. The van der Waals surface area contributed by atoms with Crippen molar-refractivity contribution >= 4 is 5.91 Å². The van der Waals surface area contributed by atoms with Crippen molar-refractivity contribution in [1.82, 2.24) is 10.2 Å². The zero-order valence-corrected chi connectivity index (χ0v) is 22.0. The largest absolute Gasteiger partial charge is 0.392 e. The highest BCUT2D eigenvalue weighted by Crippen LogP contribution is 2.47. The number of aliphatic hydroxyl groups excluding tert-OH is 2. The summed E-state index contributed by atoms with van der Waals surface area (Å²) >= 11 is 0. The van der Waals surface area contributed by atoms with Crippen molar-refractivity contribution in [3.8, 4) is 0 Å². The number of rotatable bonds is 14. The topological polar surface area (TPSA) is 72.8 Å². The summed E-state index contributed by atoms with van der Waals surface area (Å²) in [6, 6.07) is 0.427. The Hall–Kier alpha value is -1.17. The van der Waals surface area contributed by atoms with Crippen LogP contribution in [0.25, 0.3) is 0 Å². The van der Waals surface area contributed by atoms with Gasteiger partial charge in [-0.25, -0.2) is 0 Å². The van der Waals surface area contributed by atoms with E-state index in [1.807, 2.05) is 11.0 Å². The number of amides is 1. The van der Waals surface area contributed by atoms with Gasteiger partial charge in [-0.1, -0.05) is 56.9 Å². The van der Waals surface area contributed by atoms with E-state index < -0.39 is 6.10 Å². The molecule has 0 heterocycles. The van der Waals surface area contributed by atoms with Crippen LogP contribution < -0.4 is 5.32 Å². The normalized spacial score (nSPS) is 26.8. The van der Waals surface area contributed by atoms with Gasteiger partial charge in [0.2, 0.25) is 5.91 Å². The van der Waals surface area contributed by atoms with Gasteiger partial charge in [-0.3, -0.25) is 4.79 Å². The third-order valence-electron chi connectivity index (χ3n) is 7.50. The number of aliphatic hydroxyl groups is 2. The van der Waals surface area contributed by atoms with Gasteiger partial charge in [0.1, 0.15) is 0 Å².